The summed E-state index contributed by atoms with van der Waals surface area (Å²) in [5.74, 6) is -0.373. The third-order valence-corrected chi connectivity index (χ3v) is 5.61. The van der Waals surface area contributed by atoms with E-state index in [0.29, 0.717) is 18.3 Å². The monoisotopic (exact) mass is 292 g/mol. The first-order chi connectivity index (χ1) is 9.92. The van der Waals surface area contributed by atoms with Crippen LogP contribution in [0.1, 0.15) is 38.5 Å². The predicted octanol–water partition coefficient (Wildman–Crippen LogP) is 1.57. The summed E-state index contributed by atoms with van der Waals surface area (Å²) in [7, 11) is 0. The van der Waals surface area contributed by atoms with Crippen molar-refractivity contribution in [3.8, 4) is 0 Å². The van der Waals surface area contributed by atoms with Gasteiger partial charge in [0, 0.05) is 5.10 Å². The van der Waals surface area contributed by atoms with E-state index >= 15 is 0 Å². The summed E-state index contributed by atoms with van der Waals surface area (Å²) in [6, 6.07) is 0. The molecule has 0 spiro atoms. The number of hydrogen-bond acceptors (Lipinski definition) is 5. The smallest absolute Gasteiger partial charge is 0.481 e. The topological polar surface area (TPSA) is 111 Å². The highest BCUT2D eigenvalue weighted by molar-refractivity contribution is 5.75. The number of aliphatic carboxylic acids is 1. The lowest BCUT2D eigenvalue weighted by atomic mass is 9.47. The Bertz CT molecular complexity index is 626. The number of carboxylic acids is 1. The summed E-state index contributed by atoms with van der Waals surface area (Å²) in [6.07, 6.45) is 6.18. The van der Waals surface area contributed by atoms with Crippen molar-refractivity contribution in [2.45, 2.75) is 44.1 Å². The first-order valence-corrected chi connectivity index (χ1v) is 7.22. The third-order valence-electron chi connectivity index (χ3n) is 5.61. The zero-order chi connectivity index (χ0) is 14.8. The maximum Gasteiger partial charge on any atom is 0.490 e. The minimum absolute atomic E-state index is 0.380. The minimum atomic E-state index is -0.726. The summed E-state index contributed by atoms with van der Waals surface area (Å²) in [5.41, 5.74) is -1.07. The minimum Gasteiger partial charge on any atom is -0.481 e. The first-order valence-electron chi connectivity index (χ1n) is 7.22. The van der Waals surface area contributed by atoms with Gasteiger partial charge < -0.3 is 15.2 Å². The Morgan fingerprint density at radius 2 is 2.05 bits per heavy atom. The lowest BCUT2D eigenvalue weighted by molar-refractivity contribution is -0.394. The van der Waals surface area contributed by atoms with Crippen LogP contribution in [-0.4, -0.2) is 30.8 Å². The van der Waals surface area contributed by atoms with E-state index in [0.717, 1.165) is 32.1 Å². The Labute approximate surface area is 120 Å². The lowest BCUT2D eigenvalue weighted by Crippen LogP contribution is -2.59. The van der Waals surface area contributed by atoms with Crippen LogP contribution < -0.4 is 0 Å². The van der Waals surface area contributed by atoms with Crippen LogP contribution in [0, 0.1) is 27.4 Å². The number of nitrogens with zero attached hydrogens (tertiary/aromatic N) is 4. The molecular weight excluding hydrogens is 276 g/mol. The molecule has 0 aromatic carbocycles. The summed E-state index contributed by atoms with van der Waals surface area (Å²) in [4.78, 5) is 25.7. The van der Waals surface area contributed by atoms with Gasteiger partial charge in [0.2, 0.25) is 6.33 Å². The first kappa shape index (κ1) is 12.7. The highest BCUT2D eigenvalue weighted by atomic mass is 16.6. The van der Waals surface area contributed by atoms with E-state index in [-0.39, 0.29) is 0 Å². The Kier molecular flexibility index (Phi) is 2.31. The lowest BCUT2D eigenvalue weighted by Gasteiger charge is -2.59. The van der Waals surface area contributed by atoms with Crippen molar-refractivity contribution in [3.63, 3.8) is 0 Å². The van der Waals surface area contributed by atoms with Crippen molar-refractivity contribution in [1.82, 2.24) is 14.8 Å². The SMILES string of the molecule is O=C(O)C12C[C@@H]3C[C@@H](C1)CC(n1cnc([N+](=O)[O-])n1)(C3)C2. The van der Waals surface area contributed by atoms with Gasteiger partial charge in [-0.1, -0.05) is 4.98 Å². The highest BCUT2D eigenvalue weighted by Gasteiger charge is 2.62. The van der Waals surface area contributed by atoms with E-state index < -0.39 is 27.8 Å². The molecule has 4 aliphatic rings. The molecule has 1 N–H and O–H groups in total. The van der Waals surface area contributed by atoms with E-state index in [9.17, 15) is 20.0 Å². The van der Waals surface area contributed by atoms with Gasteiger partial charge in [0.25, 0.3) is 0 Å². The number of aromatic nitrogens is 3. The largest absolute Gasteiger partial charge is 0.490 e. The fraction of sp³-hybridized carbons (Fsp3) is 0.769. The van der Waals surface area contributed by atoms with Crippen molar-refractivity contribution in [3.05, 3.63) is 16.4 Å². The molecule has 8 nitrogen and oxygen atoms in total. The maximum absolute atomic E-state index is 11.8. The molecule has 112 valence electrons. The molecule has 2 atom stereocenters. The molecule has 8 heteroatoms. The van der Waals surface area contributed by atoms with Crippen molar-refractivity contribution >= 4 is 11.9 Å². The molecule has 4 bridgehead atoms. The highest BCUT2D eigenvalue weighted by Crippen LogP contribution is 2.64. The Morgan fingerprint density at radius 3 is 2.57 bits per heavy atom. The van der Waals surface area contributed by atoms with Crippen LogP contribution in [0.25, 0.3) is 0 Å². The van der Waals surface area contributed by atoms with Gasteiger partial charge in [-0.25, -0.2) is 0 Å². The Balaban J connectivity index is 1.76. The van der Waals surface area contributed by atoms with E-state index in [1.165, 1.54) is 6.33 Å². The average molecular weight is 292 g/mol. The fourth-order valence-corrected chi connectivity index (χ4v) is 5.30. The van der Waals surface area contributed by atoms with Crippen LogP contribution in [0.5, 0.6) is 0 Å². The Hall–Kier alpha value is -1.99. The fourth-order valence-electron chi connectivity index (χ4n) is 5.30. The van der Waals surface area contributed by atoms with Crippen molar-refractivity contribution in [1.29, 1.82) is 0 Å². The summed E-state index contributed by atoms with van der Waals surface area (Å²) in [6.45, 7) is 0. The van der Waals surface area contributed by atoms with Crippen LogP contribution in [0.3, 0.4) is 0 Å². The summed E-state index contributed by atoms with van der Waals surface area (Å²) >= 11 is 0. The van der Waals surface area contributed by atoms with Gasteiger partial charge in [-0.2, -0.15) is 4.68 Å². The number of rotatable bonds is 3. The number of carbonyl (C=O) groups is 1. The van der Waals surface area contributed by atoms with E-state index in [2.05, 4.69) is 10.1 Å². The normalized spacial score (nSPS) is 40.4. The van der Waals surface area contributed by atoms with Gasteiger partial charge >= 0.3 is 11.9 Å². The second kappa shape index (κ2) is 3.80. The maximum atomic E-state index is 11.8. The average Bonchev–Trinajstić information content (AvgIpc) is 2.87. The predicted molar refractivity (Wildman–Crippen MR) is 69.4 cm³/mol. The van der Waals surface area contributed by atoms with Crippen molar-refractivity contribution in [2.24, 2.45) is 17.3 Å². The zero-order valence-corrected chi connectivity index (χ0v) is 11.4. The molecule has 1 aromatic heterocycles. The van der Waals surface area contributed by atoms with E-state index in [4.69, 9.17) is 0 Å². The standard InChI is InChI=1S/C13H16N4O4/c18-10(19)12-2-8-1-9(3-12)5-13(4-8,6-12)16-7-14-11(15-16)17(20)21/h7-9H,1-6H2,(H,18,19)/t8-,9-,12?,13?/m0/s1. The molecule has 0 amide bonds. The van der Waals surface area contributed by atoms with Crippen LogP contribution in [0.4, 0.5) is 5.95 Å². The second-order valence-corrected chi connectivity index (χ2v) is 7.02. The molecule has 0 unspecified atom stereocenters. The van der Waals surface area contributed by atoms with Crippen molar-refractivity contribution in [2.75, 3.05) is 0 Å². The quantitative estimate of drug-likeness (QED) is 0.668. The van der Waals surface area contributed by atoms with Crippen LogP contribution >= 0.6 is 0 Å². The van der Waals surface area contributed by atoms with Gasteiger partial charge in [-0.15, -0.1) is 0 Å². The number of nitro groups is 1. The summed E-state index contributed by atoms with van der Waals surface area (Å²) in [5, 5.41) is 24.5. The number of hydrogen-bond donors (Lipinski definition) is 1. The van der Waals surface area contributed by atoms with Crippen LogP contribution in [-0.2, 0) is 10.3 Å². The van der Waals surface area contributed by atoms with E-state index in [1.54, 1.807) is 4.68 Å². The molecule has 1 heterocycles. The molecule has 4 fully saturated rings. The Morgan fingerprint density at radius 1 is 1.38 bits per heavy atom. The molecule has 4 aliphatic carbocycles. The second-order valence-electron chi connectivity index (χ2n) is 7.02. The molecule has 21 heavy (non-hydrogen) atoms. The molecular formula is C13H16N4O4. The molecule has 0 saturated heterocycles. The molecule has 0 radical (unpaired) electrons. The zero-order valence-electron chi connectivity index (χ0n) is 11.4. The molecule has 5 rings (SSSR count). The molecule has 0 aliphatic heterocycles. The number of carboxylic acid groups (broad SMARTS) is 1. The van der Waals surface area contributed by atoms with Crippen molar-refractivity contribution < 1.29 is 14.8 Å². The van der Waals surface area contributed by atoms with Crippen LogP contribution in [0.15, 0.2) is 6.33 Å². The summed E-state index contributed by atoms with van der Waals surface area (Å²) < 4.78 is 1.58. The van der Waals surface area contributed by atoms with Gasteiger partial charge in [0.15, 0.2) is 0 Å². The van der Waals surface area contributed by atoms with Gasteiger partial charge in [-0.05, 0) is 55.3 Å². The van der Waals surface area contributed by atoms with E-state index in [1.807, 2.05) is 0 Å². The molecule has 4 saturated carbocycles. The van der Waals surface area contributed by atoms with Gasteiger partial charge in [-0.3, -0.25) is 4.79 Å². The molecule has 1 aromatic rings. The van der Waals surface area contributed by atoms with Gasteiger partial charge in [0.1, 0.15) is 0 Å². The van der Waals surface area contributed by atoms with Crippen LogP contribution in [0.2, 0.25) is 0 Å². The van der Waals surface area contributed by atoms with Gasteiger partial charge in [0.05, 0.1) is 11.0 Å². The third kappa shape index (κ3) is 1.64.